The summed E-state index contributed by atoms with van der Waals surface area (Å²) in [6, 6.07) is 1.30. The molecule has 1 saturated heterocycles. The Hall–Kier alpha value is -0.270. The third-order valence-electron chi connectivity index (χ3n) is 4.84. The average molecular weight is 424 g/mol. The molecule has 1 aliphatic heterocycles. The summed E-state index contributed by atoms with van der Waals surface area (Å²) >= 11 is 5.77. The molecule has 1 atom stereocenters. The molecule has 1 aromatic carbocycles. The van der Waals surface area contributed by atoms with Crippen LogP contribution >= 0.6 is 36.4 Å². The van der Waals surface area contributed by atoms with Crippen LogP contribution in [0.4, 0.5) is 17.6 Å². The molecule has 0 spiro atoms. The second-order valence-corrected chi connectivity index (χ2v) is 6.69. The van der Waals surface area contributed by atoms with Gasteiger partial charge in [0.05, 0.1) is 10.6 Å². The molecule has 0 unspecified atom stereocenters. The Kier molecular flexibility index (Phi) is 8.28. The van der Waals surface area contributed by atoms with Crippen molar-refractivity contribution >= 4 is 36.4 Å². The summed E-state index contributed by atoms with van der Waals surface area (Å²) in [7, 11) is 0. The second kappa shape index (κ2) is 9.09. The number of alkyl halides is 3. The third-order valence-corrected chi connectivity index (χ3v) is 5.12. The van der Waals surface area contributed by atoms with E-state index >= 15 is 0 Å². The quantitative estimate of drug-likeness (QED) is 0.682. The lowest BCUT2D eigenvalue weighted by Crippen LogP contribution is -2.48. The molecule has 1 saturated carbocycles. The van der Waals surface area contributed by atoms with Crippen LogP contribution in [-0.4, -0.2) is 31.1 Å². The van der Waals surface area contributed by atoms with Gasteiger partial charge in [0.2, 0.25) is 0 Å². The number of halogens is 7. The highest BCUT2D eigenvalue weighted by Crippen LogP contribution is 2.44. The molecule has 0 radical (unpaired) electrons. The van der Waals surface area contributed by atoms with Crippen molar-refractivity contribution in [3.63, 3.8) is 0 Å². The van der Waals surface area contributed by atoms with E-state index in [-0.39, 0.29) is 42.3 Å². The first-order valence-corrected chi connectivity index (χ1v) is 8.26. The molecule has 0 aromatic heterocycles. The fourth-order valence-electron chi connectivity index (χ4n) is 3.45. The molecule has 25 heavy (non-hydrogen) atoms. The summed E-state index contributed by atoms with van der Waals surface area (Å²) in [5.41, 5.74) is -0.783. The molecule has 2 aliphatic rings. The predicted molar refractivity (Wildman–Crippen MR) is 95.4 cm³/mol. The van der Waals surface area contributed by atoms with Gasteiger partial charge in [-0.2, -0.15) is 13.2 Å². The van der Waals surface area contributed by atoms with E-state index in [0.29, 0.717) is 19.2 Å². The number of nitrogens with zero attached hydrogens (tertiary/aromatic N) is 1. The molecule has 2 nitrogen and oxygen atoms in total. The molecule has 144 valence electrons. The topological polar surface area (TPSA) is 15.3 Å². The van der Waals surface area contributed by atoms with Crippen LogP contribution in [0.15, 0.2) is 12.1 Å². The van der Waals surface area contributed by atoms with Gasteiger partial charge in [-0.15, -0.1) is 24.8 Å². The van der Waals surface area contributed by atoms with E-state index in [1.54, 1.807) is 0 Å². The molecule has 1 heterocycles. The Morgan fingerprint density at radius 3 is 2.20 bits per heavy atom. The summed E-state index contributed by atoms with van der Waals surface area (Å²) in [4.78, 5) is 2.09. The minimum absolute atomic E-state index is 0. The maximum absolute atomic E-state index is 14.6. The van der Waals surface area contributed by atoms with E-state index in [2.05, 4.69) is 10.2 Å². The Morgan fingerprint density at radius 2 is 1.72 bits per heavy atom. The maximum Gasteiger partial charge on any atom is 0.416 e. The van der Waals surface area contributed by atoms with E-state index in [0.717, 1.165) is 38.4 Å². The van der Waals surface area contributed by atoms with E-state index in [1.165, 1.54) is 0 Å². The summed E-state index contributed by atoms with van der Waals surface area (Å²) in [6.45, 7) is 2.93. The first-order valence-electron chi connectivity index (χ1n) is 7.89. The summed E-state index contributed by atoms with van der Waals surface area (Å²) in [6.07, 6.45) is -1.65. The molecular weight excluding hydrogens is 403 g/mol. The summed E-state index contributed by atoms with van der Waals surface area (Å²) < 4.78 is 53.8. The van der Waals surface area contributed by atoms with Gasteiger partial charge in [-0.3, -0.25) is 4.90 Å². The Labute approximate surface area is 162 Å². The molecule has 1 N–H and O–H groups in total. The monoisotopic (exact) mass is 422 g/mol. The van der Waals surface area contributed by atoms with Crippen molar-refractivity contribution in [1.29, 1.82) is 0 Å². The van der Waals surface area contributed by atoms with Crippen LogP contribution in [0.2, 0.25) is 5.02 Å². The van der Waals surface area contributed by atoms with E-state index in [4.69, 9.17) is 11.6 Å². The van der Waals surface area contributed by atoms with Gasteiger partial charge in [0.1, 0.15) is 5.82 Å². The van der Waals surface area contributed by atoms with Crippen molar-refractivity contribution in [1.82, 2.24) is 10.2 Å². The number of nitrogens with one attached hydrogen (secondary N) is 1. The first-order chi connectivity index (χ1) is 10.9. The first kappa shape index (κ1) is 22.8. The van der Waals surface area contributed by atoms with Crippen LogP contribution in [0.25, 0.3) is 0 Å². The van der Waals surface area contributed by atoms with Gasteiger partial charge in [0.15, 0.2) is 0 Å². The standard InChI is InChI=1S/C16H19ClF4N2.2ClH/c17-13-9-11(16(19,20)21)8-12(14(13)18)15(10-2-1-3-10)23-6-4-22-5-7-23;;/h8-10,15,22H,1-7H2;2*1H/t15-;;/m0../s1. The van der Waals surface area contributed by atoms with Crippen molar-refractivity contribution in [3.05, 3.63) is 34.1 Å². The molecule has 0 amide bonds. The number of hydrogen-bond donors (Lipinski definition) is 1. The lowest BCUT2D eigenvalue weighted by molar-refractivity contribution is -0.137. The smallest absolute Gasteiger partial charge is 0.314 e. The van der Waals surface area contributed by atoms with Crippen molar-refractivity contribution < 1.29 is 17.6 Å². The number of hydrogen-bond acceptors (Lipinski definition) is 2. The minimum Gasteiger partial charge on any atom is -0.314 e. The van der Waals surface area contributed by atoms with Crippen molar-refractivity contribution in [2.24, 2.45) is 5.92 Å². The highest BCUT2D eigenvalue weighted by atomic mass is 35.5. The summed E-state index contributed by atoms with van der Waals surface area (Å²) in [5.74, 6) is -0.516. The highest BCUT2D eigenvalue weighted by molar-refractivity contribution is 6.30. The van der Waals surface area contributed by atoms with Gasteiger partial charge in [-0.1, -0.05) is 18.0 Å². The SMILES string of the molecule is Cl.Cl.Fc1c(Cl)cc(C(F)(F)F)cc1[C@H](C1CCC1)N1CCNCC1. The van der Waals surface area contributed by atoms with Gasteiger partial charge in [0.25, 0.3) is 0 Å². The number of benzene rings is 1. The van der Waals surface area contributed by atoms with Crippen LogP contribution in [0.3, 0.4) is 0 Å². The van der Waals surface area contributed by atoms with Crippen LogP contribution in [0.1, 0.15) is 36.4 Å². The molecule has 1 aromatic rings. The van der Waals surface area contributed by atoms with Crippen molar-refractivity contribution in [2.45, 2.75) is 31.5 Å². The largest absolute Gasteiger partial charge is 0.416 e. The Morgan fingerprint density at radius 1 is 1.12 bits per heavy atom. The van der Waals surface area contributed by atoms with Gasteiger partial charge < -0.3 is 5.32 Å². The molecule has 3 rings (SSSR count). The van der Waals surface area contributed by atoms with Gasteiger partial charge >= 0.3 is 6.18 Å². The molecule has 0 bridgehead atoms. The lowest BCUT2D eigenvalue weighted by Gasteiger charge is -2.43. The van der Waals surface area contributed by atoms with Crippen LogP contribution < -0.4 is 5.32 Å². The highest BCUT2D eigenvalue weighted by Gasteiger charge is 2.38. The van der Waals surface area contributed by atoms with Gasteiger partial charge in [0, 0.05) is 37.8 Å². The summed E-state index contributed by atoms with van der Waals surface area (Å²) in [5, 5.41) is 2.77. The molecule has 2 fully saturated rings. The zero-order valence-electron chi connectivity index (χ0n) is 13.4. The normalized spacial score (nSPS) is 20.2. The third kappa shape index (κ3) is 4.92. The number of piperazine rings is 1. The molecule has 9 heteroatoms. The zero-order valence-corrected chi connectivity index (χ0v) is 15.8. The molecule has 1 aliphatic carbocycles. The second-order valence-electron chi connectivity index (χ2n) is 6.28. The van der Waals surface area contributed by atoms with E-state index in [1.807, 2.05) is 0 Å². The van der Waals surface area contributed by atoms with Crippen molar-refractivity contribution in [2.75, 3.05) is 26.2 Å². The van der Waals surface area contributed by atoms with Crippen molar-refractivity contribution in [3.8, 4) is 0 Å². The fraction of sp³-hybridized carbons (Fsp3) is 0.625. The fourth-order valence-corrected chi connectivity index (χ4v) is 3.68. The zero-order chi connectivity index (χ0) is 16.6. The van der Waals surface area contributed by atoms with Crippen LogP contribution in [0, 0.1) is 11.7 Å². The molecular formula is C16H21Cl3F4N2. The maximum atomic E-state index is 14.6. The predicted octanol–water partition coefficient (Wildman–Crippen LogP) is 5.09. The van der Waals surface area contributed by atoms with E-state index < -0.39 is 22.6 Å². The lowest BCUT2D eigenvalue weighted by atomic mass is 9.76. The Balaban J connectivity index is 0.00000156. The van der Waals surface area contributed by atoms with Gasteiger partial charge in [-0.25, -0.2) is 4.39 Å². The van der Waals surface area contributed by atoms with E-state index in [9.17, 15) is 17.6 Å². The average Bonchev–Trinajstić information content (AvgIpc) is 2.45. The minimum atomic E-state index is -4.53. The van der Waals surface area contributed by atoms with Crippen LogP contribution in [0.5, 0.6) is 0 Å². The number of rotatable bonds is 3. The van der Waals surface area contributed by atoms with Gasteiger partial charge in [-0.05, 0) is 30.9 Å². The Bertz CT molecular complexity index is 573. The van der Waals surface area contributed by atoms with Crippen LogP contribution in [-0.2, 0) is 6.18 Å².